The van der Waals surface area contributed by atoms with Gasteiger partial charge in [0.1, 0.15) is 11.5 Å². The van der Waals surface area contributed by atoms with E-state index in [9.17, 15) is 4.79 Å². The van der Waals surface area contributed by atoms with E-state index >= 15 is 0 Å². The summed E-state index contributed by atoms with van der Waals surface area (Å²) in [5, 5.41) is 7.34. The molecule has 0 saturated carbocycles. The van der Waals surface area contributed by atoms with Crippen LogP contribution in [-0.2, 0) is 6.54 Å². The number of carbonyl (C=O) groups excluding carboxylic acids is 1. The fourth-order valence-electron chi connectivity index (χ4n) is 3.35. The molecule has 1 aromatic heterocycles. The Balaban J connectivity index is 1.70. The van der Waals surface area contributed by atoms with Gasteiger partial charge in [-0.3, -0.25) is 4.68 Å². The number of amides is 2. The van der Waals surface area contributed by atoms with E-state index in [-0.39, 0.29) is 11.9 Å². The fourth-order valence-corrected chi connectivity index (χ4v) is 3.35. The van der Waals surface area contributed by atoms with E-state index in [1.54, 1.807) is 14.2 Å². The van der Waals surface area contributed by atoms with Crippen LogP contribution in [0.3, 0.4) is 0 Å². The van der Waals surface area contributed by atoms with Crippen LogP contribution in [0.25, 0.3) is 0 Å². The molecule has 2 amide bonds. The van der Waals surface area contributed by atoms with Gasteiger partial charge in [0, 0.05) is 37.3 Å². The predicted octanol–water partition coefficient (Wildman–Crippen LogP) is 3.25. The predicted molar refractivity (Wildman–Crippen MR) is 100 cm³/mol. The average molecular weight is 358 g/mol. The quantitative estimate of drug-likeness (QED) is 0.891. The van der Waals surface area contributed by atoms with Gasteiger partial charge in [-0.05, 0) is 38.5 Å². The van der Waals surface area contributed by atoms with Crippen molar-refractivity contribution < 1.29 is 14.3 Å². The molecule has 2 heterocycles. The van der Waals surface area contributed by atoms with Crippen LogP contribution in [0.1, 0.15) is 30.5 Å². The van der Waals surface area contributed by atoms with E-state index in [0.29, 0.717) is 13.1 Å². The summed E-state index contributed by atoms with van der Waals surface area (Å²) in [5.74, 6) is 1.86. The largest absolute Gasteiger partial charge is 0.497 e. The fraction of sp³-hybridized carbons (Fsp3) is 0.474. The van der Waals surface area contributed by atoms with Crippen molar-refractivity contribution >= 4 is 11.7 Å². The second-order valence-corrected chi connectivity index (χ2v) is 6.45. The summed E-state index contributed by atoms with van der Waals surface area (Å²) < 4.78 is 12.6. The van der Waals surface area contributed by atoms with E-state index in [1.807, 2.05) is 47.8 Å². The van der Waals surface area contributed by atoms with Crippen molar-refractivity contribution in [2.45, 2.75) is 32.7 Å². The lowest BCUT2D eigenvalue weighted by molar-refractivity contribution is 0.222. The highest BCUT2D eigenvalue weighted by atomic mass is 16.5. The average Bonchev–Trinajstić information content (AvgIpc) is 3.28. The first kappa shape index (κ1) is 18.1. The van der Waals surface area contributed by atoms with Crippen molar-refractivity contribution in [2.75, 3.05) is 32.6 Å². The number of nitrogens with one attached hydrogen (secondary N) is 1. The van der Waals surface area contributed by atoms with Gasteiger partial charge in [0.2, 0.25) is 0 Å². The molecule has 3 rings (SSSR count). The number of hydrogen-bond donors (Lipinski definition) is 1. The number of aromatic nitrogens is 2. The molecule has 1 unspecified atom stereocenters. The normalized spacial score (nSPS) is 16.6. The molecule has 1 aliphatic rings. The Morgan fingerprint density at radius 3 is 2.81 bits per heavy atom. The number of nitrogens with zero attached hydrogens (tertiary/aromatic N) is 3. The number of ether oxygens (including phenoxy) is 2. The summed E-state index contributed by atoms with van der Waals surface area (Å²) in [6.45, 7) is 6.05. The Morgan fingerprint density at radius 2 is 2.15 bits per heavy atom. The number of methoxy groups -OCH3 is 2. The van der Waals surface area contributed by atoms with Crippen LogP contribution in [0.4, 0.5) is 10.5 Å². The van der Waals surface area contributed by atoms with Crippen LogP contribution >= 0.6 is 0 Å². The highest BCUT2D eigenvalue weighted by Crippen LogP contribution is 2.36. The molecule has 2 aromatic rings. The topological polar surface area (TPSA) is 68.6 Å². The number of aryl methyl sites for hydroxylation is 2. The molecule has 1 fully saturated rings. The van der Waals surface area contributed by atoms with E-state index < -0.39 is 0 Å². The summed E-state index contributed by atoms with van der Waals surface area (Å²) in [6, 6.07) is 5.71. The Morgan fingerprint density at radius 1 is 1.35 bits per heavy atom. The third-order valence-electron chi connectivity index (χ3n) is 4.86. The van der Waals surface area contributed by atoms with Gasteiger partial charge in [0.05, 0.1) is 25.6 Å². The van der Waals surface area contributed by atoms with Gasteiger partial charge in [0.25, 0.3) is 0 Å². The van der Waals surface area contributed by atoms with Crippen LogP contribution < -0.4 is 14.8 Å². The van der Waals surface area contributed by atoms with Crippen molar-refractivity contribution in [1.82, 2.24) is 14.7 Å². The summed E-state index contributed by atoms with van der Waals surface area (Å²) in [5.41, 5.74) is 2.67. The monoisotopic (exact) mass is 358 g/mol. The van der Waals surface area contributed by atoms with Gasteiger partial charge in [-0.25, -0.2) is 4.79 Å². The van der Waals surface area contributed by atoms with Crippen molar-refractivity contribution in [3.63, 3.8) is 0 Å². The number of likely N-dealkylation sites (tertiary alicyclic amines) is 1. The zero-order valence-corrected chi connectivity index (χ0v) is 15.8. The molecule has 26 heavy (non-hydrogen) atoms. The number of urea groups is 1. The Bertz CT molecular complexity index is 787. The molecule has 1 N–H and O–H groups in total. The number of carbonyl (C=O) groups is 1. The van der Waals surface area contributed by atoms with Gasteiger partial charge >= 0.3 is 6.03 Å². The maximum Gasteiger partial charge on any atom is 0.321 e. The van der Waals surface area contributed by atoms with Crippen LogP contribution in [0.2, 0.25) is 0 Å². The van der Waals surface area contributed by atoms with Crippen LogP contribution in [-0.4, -0.2) is 48.0 Å². The molecule has 1 aromatic carbocycles. The molecule has 0 spiro atoms. The van der Waals surface area contributed by atoms with Crippen LogP contribution in [0, 0.1) is 6.92 Å². The summed E-state index contributed by atoms with van der Waals surface area (Å²) >= 11 is 0. The first-order chi connectivity index (χ1) is 12.5. The number of benzene rings is 1. The minimum Gasteiger partial charge on any atom is -0.497 e. The molecule has 0 radical (unpaired) electrons. The summed E-state index contributed by atoms with van der Waals surface area (Å²) in [4.78, 5) is 14.5. The van der Waals surface area contributed by atoms with E-state index in [2.05, 4.69) is 10.4 Å². The van der Waals surface area contributed by atoms with E-state index in [0.717, 1.165) is 41.4 Å². The molecule has 1 atom stereocenters. The molecule has 1 aliphatic heterocycles. The smallest absolute Gasteiger partial charge is 0.321 e. The molecular weight excluding hydrogens is 332 g/mol. The van der Waals surface area contributed by atoms with Crippen molar-refractivity contribution in [1.29, 1.82) is 0 Å². The van der Waals surface area contributed by atoms with Crippen molar-refractivity contribution in [3.05, 3.63) is 35.7 Å². The molecular formula is C19H26N4O3. The summed E-state index contributed by atoms with van der Waals surface area (Å²) in [7, 11) is 3.32. The van der Waals surface area contributed by atoms with Crippen LogP contribution in [0.15, 0.2) is 24.4 Å². The zero-order chi connectivity index (χ0) is 18.7. The van der Waals surface area contributed by atoms with E-state index in [1.165, 1.54) is 0 Å². The SMILES string of the molecule is CCn1cc(NC(=O)N2CCC(c3cc(OC)ccc3OC)C2)c(C)n1. The molecule has 140 valence electrons. The molecule has 0 bridgehead atoms. The third kappa shape index (κ3) is 3.61. The number of rotatable bonds is 5. The molecule has 0 aliphatic carbocycles. The Hall–Kier alpha value is -2.70. The van der Waals surface area contributed by atoms with Crippen LogP contribution in [0.5, 0.6) is 11.5 Å². The van der Waals surface area contributed by atoms with Gasteiger partial charge in [0.15, 0.2) is 0 Å². The third-order valence-corrected chi connectivity index (χ3v) is 4.86. The minimum atomic E-state index is -0.0897. The molecule has 7 heteroatoms. The maximum atomic E-state index is 12.6. The standard InChI is InChI=1S/C19H26N4O3/c1-5-23-12-17(13(2)21-23)20-19(24)22-9-8-14(11-22)16-10-15(25-3)6-7-18(16)26-4/h6-7,10,12,14H,5,8-9,11H2,1-4H3,(H,20,24). The lowest BCUT2D eigenvalue weighted by Gasteiger charge is -2.19. The zero-order valence-electron chi connectivity index (χ0n) is 15.8. The minimum absolute atomic E-state index is 0.0897. The second kappa shape index (κ2) is 7.68. The van der Waals surface area contributed by atoms with Gasteiger partial charge in [-0.1, -0.05) is 0 Å². The van der Waals surface area contributed by atoms with Crippen molar-refractivity contribution in [3.8, 4) is 11.5 Å². The molecule has 1 saturated heterocycles. The summed E-state index contributed by atoms with van der Waals surface area (Å²) in [6.07, 6.45) is 2.76. The first-order valence-electron chi connectivity index (χ1n) is 8.87. The van der Waals surface area contributed by atoms with E-state index in [4.69, 9.17) is 9.47 Å². The van der Waals surface area contributed by atoms with Crippen molar-refractivity contribution in [2.24, 2.45) is 0 Å². The lowest BCUT2D eigenvalue weighted by Crippen LogP contribution is -2.32. The van der Waals surface area contributed by atoms with Gasteiger partial charge in [-0.15, -0.1) is 0 Å². The number of hydrogen-bond acceptors (Lipinski definition) is 4. The lowest BCUT2D eigenvalue weighted by atomic mass is 9.97. The number of anilines is 1. The van der Waals surface area contributed by atoms with Gasteiger partial charge < -0.3 is 19.7 Å². The highest BCUT2D eigenvalue weighted by Gasteiger charge is 2.30. The Kier molecular flexibility index (Phi) is 5.35. The second-order valence-electron chi connectivity index (χ2n) is 6.45. The van der Waals surface area contributed by atoms with Gasteiger partial charge in [-0.2, -0.15) is 5.10 Å². The maximum absolute atomic E-state index is 12.6. The first-order valence-corrected chi connectivity index (χ1v) is 8.87. The Labute approximate surface area is 153 Å². The highest BCUT2D eigenvalue weighted by molar-refractivity contribution is 5.90. The molecule has 7 nitrogen and oxygen atoms in total.